The standard InChI is InChI=1S/C12H8N2.C4F9.Cu/c1-3-9-5-6-10-4-2-8-14-12(10)11(9)13-7-1;5-1(6)2(7,8)3(9,10)4(11,12)13;/h1-8H;;/q;-1;+1. The Morgan fingerprint density at radius 3 is 1.36 bits per heavy atom. The Morgan fingerprint density at radius 2 is 1.07 bits per heavy atom. The number of rotatable bonds is 2. The first kappa shape index (κ1) is 24.0. The van der Waals surface area contributed by atoms with Crippen molar-refractivity contribution >= 4 is 21.8 Å². The van der Waals surface area contributed by atoms with Crippen LogP contribution in [0.2, 0.25) is 0 Å². The Morgan fingerprint density at radius 1 is 0.679 bits per heavy atom. The van der Waals surface area contributed by atoms with Crippen molar-refractivity contribution in [1.82, 2.24) is 9.97 Å². The zero-order chi connectivity index (χ0) is 20.5. The second-order valence-corrected chi connectivity index (χ2v) is 5.12. The molecule has 2 heterocycles. The van der Waals surface area contributed by atoms with E-state index in [0.717, 1.165) is 21.8 Å². The van der Waals surface area contributed by atoms with Crippen LogP contribution in [0.15, 0.2) is 48.8 Å². The molecule has 28 heavy (non-hydrogen) atoms. The summed E-state index contributed by atoms with van der Waals surface area (Å²) in [6, 6.07) is 12.1. The molecule has 0 saturated carbocycles. The number of alkyl halides is 7. The van der Waals surface area contributed by atoms with E-state index >= 15 is 0 Å². The largest absolute Gasteiger partial charge is 1.00 e. The molecule has 0 N–H and O–H groups in total. The fraction of sp³-hybridized carbons (Fsp3) is 0.188. The Kier molecular flexibility index (Phi) is 7.29. The van der Waals surface area contributed by atoms with Gasteiger partial charge >= 0.3 is 29.2 Å². The van der Waals surface area contributed by atoms with Gasteiger partial charge in [-0.05, 0) is 12.1 Å². The van der Waals surface area contributed by atoms with E-state index in [1.807, 2.05) is 12.1 Å². The molecule has 0 atom stereocenters. The van der Waals surface area contributed by atoms with Gasteiger partial charge in [-0.25, -0.2) is 8.78 Å². The minimum atomic E-state index is -6.77. The van der Waals surface area contributed by atoms with E-state index in [-0.39, 0.29) is 17.1 Å². The molecule has 3 rings (SSSR count). The van der Waals surface area contributed by atoms with Crippen molar-refractivity contribution in [2.24, 2.45) is 0 Å². The fourth-order valence-corrected chi connectivity index (χ4v) is 1.98. The van der Waals surface area contributed by atoms with Crippen LogP contribution in [-0.2, 0) is 17.1 Å². The maximum absolute atomic E-state index is 11.6. The van der Waals surface area contributed by atoms with Gasteiger partial charge in [0.25, 0.3) is 5.92 Å². The van der Waals surface area contributed by atoms with Crippen LogP contribution in [0.5, 0.6) is 0 Å². The minimum absolute atomic E-state index is 0. The molecule has 0 spiro atoms. The molecule has 0 radical (unpaired) electrons. The third-order valence-electron chi connectivity index (χ3n) is 3.33. The van der Waals surface area contributed by atoms with E-state index < -0.39 is 24.4 Å². The van der Waals surface area contributed by atoms with Gasteiger partial charge in [0.2, 0.25) is 0 Å². The van der Waals surface area contributed by atoms with Crippen molar-refractivity contribution in [2.45, 2.75) is 18.0 Å². The first-order valence-electron chi connectivity index (χ1n) is 6.99. The molecule has 0 aliphatic heterocycles. The molecule has 156 valence electrons. The summed E-state index contributed by atoms with van der Waals surface area (Å²) in [5.74, 6) is -13.3. The van der Waals surface area contributed by atoms with Crippen LogP contribution >= 0.6 is 0 Å². The Hall–Kier alpha value is -2.07. The van der Waals surface area contributed by atoms with Crippen LogP contribution in [0, 0.1) is 6.43 Å². The van der Waals surface area contributed by atoms with Crippen LogP contribution in [0.4, 0.5) is 39.5 Å². The summed E-state index contributed by atoms with van der Waals surface area (Å²) in [6.07, 6.45) is -7.40. The second-order valence-electron chi connectivity index (χ2n) is 5.12. The van der Waals surface area contributed by atoms with Crippen LogP contribution in [0.3, 0.4) is 0 Å². The smallest absolute Gasteiger partial charge is 0.415 e. The van der Waals surface area contributed by atoms with Gasteiger partial charge in [-0.3, -0.25) is 9.97 Å². The van der Waals surface area contributed by atoms with Gasteiger partial charge in [0, 0.05) is 23.2 Å². The Balaban J connectivity index is 0.000000272. The topological polar surface area (TPSA) is 25.8 Å². The molecule has 0 unspecified atom stereocenters. The molecule has 0 saturated heterocycles. The van der Waals surface area contributed by atoms with Crippen molar-refractivity contribution < 1.29 is 56.6 Å². The van der Waals surface area contributed by atoms with Gasteiger partial charge in [-0.1, -0.05) is 24.3 Å². The third kappa shape index (κ3) is 4.49. The SMILES string of the molecule is F[C-](F)C(F)(F)C(F)(F)C(F)(F)F.[Cu+].c1cnc2c(c1)ccc1cccnc12. The van der Waals surface area contributed by atoms with Crippen LogP contribution in [-0.4, -0.2) is 28.0 Å². The van der Waals surface area contributed by atoms with Crippen LogP contribution in [0.1, 0.15) is 0 Å². The van der Waals surface area contributed by atoms with Gasteiger partial charge in [0.15, 0.2) is 0 Å². The fourth-order valence-electron chi connectivity index (χ4n) is 1.98. The number of aromatic nitrogens is 2. The number of fused-ring (bicyclic) bond motifs is 3. The molecule has 2 aromatic heterocycles. The Bertz CT molecular complexity index is 874. The predicted octanol–water partition coefficient (Wildman–Crippen LogP) is 6.03. The zero-order valence-corrected chi connectivity index (χ0v) is 14.2. The quantitative estimate of drug-likeness (QED) is 0.201. The molecule has 0 bridgehead atoms. The van der Waals surface area contributed by atoms with Gasteiger partial charge in [-0.2, -0.15) is 22.0 Å². The summed E-state index contributed by atoms with van der Waals surface area (Å²) < 4.78 is 102. The van der Waals surface area contributed by atoms with E-state index in [1.165, 1.54) is 0 Å². The number of nitrogens with zero attached hydrogens (tertiary/aromatic N) is 2. The number of benzene rings is 1. The molecule has 0 aliphatic carbocycles. The predicted molar refractivity (Wildman–Crippen MR) is 78.5 cm³/mol. The molecule has 2 nitrogen and oxygen atoms in total. The zero-order valence-electron chi connectivity index (χ0n) is 13.2. The second kappa shape index (κ2) is 8.52. The first-order chi connectivity index (χ1) is 12.4. The number of hydrogen-bond donors (Lipinski definition) is 0. The van der Waals surface area contributed by atoms with Crippen molar-refractivity contribution in [3.8, 4) is 0 Å². The van der Waals surface area contributed by atoms with Crippen molar-refractivity contribution in [2.75, 3.05) is 0 Å². The maximum atomic E-state index is 11.6. The van der Waals surface area contributed by atoms with Crippen LogP contribution in [0.25, 0.3) is 21.8 Å². The summed E-state index contributed by atoms with van der Waals surface area (Å²) in [7, 11) is 0. The summed E-state index contributed by atoms with van der Waals surface area (Å²) in [5, 5.41) is 2.28. The average molecular weight is 463 g/mol. The van der Waals surface area contributed by atoms with Crippen LogP contribution < -0.4 is 0 Å². The monoisotopic (exact) mass is 462 g/mol. The van der Waals surface area contributed by atoms with Gasteiger partial charge in [-0.15, -0.1) is 0 Å². The molecular weight excluding hydrogens is 455 g/mol. The molecule has 3 aromatic rings. The summed E-state index contributed by atoms with van der Waals surface area (Å²) >= 11 is 0. The molecule has 0 fully saturated rings. The minimum Gasteiger partial charge on any atom is -0.415 e. The van der Waals surface area contributed by atoms with E-state index in [0.29, 0.717) is 0 Å². The molecule has 0 aliphatic rings. The van der Waals surface area contributed by atoms with Crippen molar-refractivity contribution in [3.05, 3.63) is 55.2 Å². The van der Waals surface area contributed by atoms with E-state index in [9.17, 15) is 39.5 Å². The van der Waals surface area contributed by atoms with Gasteiger partial charge < -0.3 is 8.78 Å². The molecular formula is C16H8CuF9N2. The third-order valence-corrected chi connectivity index (χ3v) is 3.33. The van der Waals surface area contributed by atoms with Crippen molar-refractivity contribution in [3.63, 3.8) is 0 Å². The normalized spacial score (nSPS) is 12.5. The average Bonchev–Trinajstić information content (AvgIpc) is 2.61. The van der Waals surface area contributed by atoms with E-state index in [4.69, 9.17) is 0 Å². The molecule has 12 heteroatoms. The molecule has 0 amide bonds. The number of halogens is 9. The summed E-state index contributed by atoms with van der Waals surface area (Å²) in [5.41, 5.74) is 1.95. The molecule has 1 aromatic carbocycles. The summed E-state index contributed by atoms with van der Waals surface area (Å²) in [6.45, 7) is 0. The van der Waals surface area contributed by atoms with E-state index in [1.54, 1.807) is 12.4 Å². The maximum Gasteiger partial charge on any atom is 1.00 e. The van der Waals surface area contributed by atoms with Crippen molar-refractivity contribution in [1.29, 1.82) is 0 Å². The first-order valence-corrected chi connectivity index (χ1v) is 6.99. The van der Waals surface area contributed by atoms with Gasteiger partial charge in [0.1, 0.15) is 0 Å². The Labute approximate surface area is 162 Å². The van der Waals surface area contributed by atoms with E-state index in [2.05, 4.69) is 34.2 Å². The van der Waals surface area contributed by atoms with Gasteiger partial charge in [0.05, 0.1) is 17.5 Å². The number of hydrogen-bond acceptors (Lipinski definition) is 2. The number of pyridine rings is 2. The summed E-state index contributed by atoms with van der Waals surface area (Å²) in [4.78, 5) is 8.69.